The highest BCUT2D eigenvalue weighted by Crippen LogP contribution is 2.17. The third-order valence-corrected chi connectivity index (χ3v) is 2.10. The molecule has 0 amide bonds. The van der Waals surface area contributed by atoms with Gasteiger partial charge in [0.1, 0.15) is 5.82 Å². The highest BCUT2D eigenvalue weighted by atomic mass is 32.2. The summed E-state index contributed by atoms with van der Waals surface area (Å²) in [4.78, 5) is 0. The molecule has 2 nitrogen and oxygen atoms in total. The van der Waals surface area contributed by atoms with Gasteiger partial charge in [-0.15, -0.1) is 0 Å². The third kappa shape index (κ3) is 2.47. The fourth-order valence-corrected chi connectivity index (χ4v) is 1.32. The summed E-state index contributed by atoms with van der Waals surface area (Å²) in [6.07, 6.45) is 0. The molecule has 0 aliphatic heterocycles. The lowest BCUT2D eigenvalue weighted by Gasteiger charge is -2.05. The molecular formula is C9H11FN2S. The number of benzene rings is 1. The third-order valence-electron chi connectivity index (χ3n) is 1.71. The molecular weight excluding hydrogens is 187 g/mol. The Labute approximate surface area is 80.9 Å². The van der Waals surface area contributed by atoms with Gasteiger partial charge in [-0.05, 0) is 24.6 Å². The zero-order chi connectivity index (χ0) is 9.84. The van der Waals surface area contributed by atoms with Crippen LogP contribution in [-0.2, 0) is 0 Å². The van der Waals surface area contributed by atoms with Crippen LogP contribution in [0.2, 0.25) is 0 Å². The Morgan fingerprint density at radius 1 is 1.54 bits per heavy atom. The predicted octanol–water partition coefficient (Wildman–Crippen LogP) is 2.00. The molecule has 0 unspecified atom stereocenters. The smallest absolute Gasteiger partial charge is 0.123 e. The van der Waals surface area contributed by atoms with Gasteiger partial charge in [0.05, 0.1) is 0 Å². The van der Waals surface area contributed by atoms with Crippen molar-refractivity contribution in [2.45, 2.75) is 6.92 Å². The molecule has 0 saturated heterocycles. The Kier molecular flexibility index (Phi) is 3.33. The van der Waals surface area contributed by atoms with Gasteiger partial charge >= 0.3 is 0 Å². The SMILES string of the molecule is Cc1ccc(F)cc1/C(N)=C/SN. The van der Waals surface area contributed by atoms with E-state index < -0.39 is 0 Å². The molecule has 0 spiro atoms. The first-order valence-corrected chi connectivity index (χ1v) is 4.67. The van der Waals surface area contributed by atoms with E-state index in [0.717, 1.165) is 17.5 Å². The number of aryl methyl sites for hydroxylation is 1. The standard InChI is InChI=1S/C9H11FN2S/c1-6-2-3-7(10)4-8(6)9(11)5-13-12/h2-5H,11-12H2,1H3/b9-5-. The lowest BCUT2D eigenvalue weighted by Crippen LogP contribution is -1.99. The zero-order valence-electron chi connectivity index (χ0n) is 7.25. The van der Waals surface area contributed by atoms with Gasteiger partial charge in [-0.1, -0.05) is 18.0 Å². The summed E-state index contributed by atoms with van der Waals surface area (Å²) in [5, 5.41) is 6.81. The molecule has 0 heterocycles. The van der Waals surface area contributed by atoms with E-state index in [0.29, 0.717) is 11.3 Å². The van der Waals surface area contributed by atoms with Gasteiger partial charge in [-0.2, -0.15) is 0 Å². The second kappa shape index (κ2) is 4.30. The summed E-state index contributed by atoms with van der Waals surface area (Å²) in [5.74, 6) is -0.293. The fraction of sp³-hybridized carbons (Fsp3) is 0.111. The van der Waals surface area contributed by atoms with Crippen LogP contribution in [0.25, 0.3) is 5.70 Å². The van der Waals surface area contributed by atoms with E-state index in [9.17, 15) is 4.39 Å². The molecule has 0 aliphatic rings. The van der Waals surface area contributed by atoms with Crippen LogP contribution >= 0.6 is 11.9 Å². The van der Waals surface area contributed by atoms with Gasteiger partial charge in [0.15, 0.2) is 0 Å². The molecule has 0 aliphatic carbocycles. The van der Waals surface area contributed by atoms with E-state index in [1.165, 1.54) is 12.1 Å². The molecule has 0 atom stereocenters. The van der Waals surface area contributed by atoms with Crippen molar-refractivity contribution in [2.75, 3.05) is 0 Å². The highest BCUT2D eigenvalue weighted by Gasteiger charge is 2.02. The maximum absolute atomic E-state index is 12.8. The van der Waals surface area contributed by atoms with Gasteiger partial charge in [0.2, 0.25) is 0 Å². The van der Waals surface area contributed by atoms with Gasteiger partial charge in [0, 0.05) is 16.7 Å². The van der Waals surface area contributed by atoms with E-state index in [1.54, 1.807) is 11.5 Å². The van der Waals surface area contributed by atoms with Crippen molar-refractivity contribution in [2.24, 2.45) is 10.9 Å². The van der Waals surface area contributed by atoms with Crippen LogP contribution < -0.4 is 10.9 Å². The number of halogens is 1. The Balaban J connectivity index is 3.13. The van der Waals surface area contributed by atoms with Crippen LogP contribution in [0.4, 0.5) is 4.39 Å². The van der Waals surface area contributed by atoms with E-state index in [2.05, 4.69) is 0 Å². The molecule has 1 aromatic rings. The molecule has 13 heavy (non-hydrogen) atoms. The largest absolute Gasteiger partial charge is 0.398 e. The summed E-state index contributed by atoms with van der Waals surface area (Å²) >= 11 is 1.01. The average molecular weight is 198 g/mol. The molecule has 0 bridgehead atoms. The first kappa shape index (κ1) is 10.1. The van der Waals surface area contributed by atoms with Gasteiger partial charge in [-0.25, -0.2) is 4.39 Å². The maximum Gasteiger partial charge on any atom is 0.123 e. The molecule has 0 saturated carbocycles. The second-order valence-electron chi connectivity index (χ2n) is 2.67. The van der Waals surface area contributed by atoms with E-state index in [4.69, 9.17) is 10.9 Å². The van der Waals surface area contributed by atoms with Crippen molar-refractivity contribution in [1.82, 2.24) is 0 Å². The number of nitrogens with two attached hydrogens (primary N) is 2. The molecule has 0 aromatic heterocycles. The van der Waals surface area contributed by atoms with E-state index >= 15 is 0 Å². The number of hydrogen-bond donors (Lipinski definition) is 2. The molecule has 4 heteroatoms. The highest BCUT2D eigenvalue weighted by molar-refractivity contribution is 8.00. The Bertz CT molecular complexity index is 336. The first-order chi connectivity index (χ1) is 6.15. The average Bonchev–Trinajstić information content (AvgIpc) is 2.09. The fourth-order valence-electron chi connectivity index (χ4n) is 1.04. The van der Waals surface area contributed by atoms with Crippen molar-refractivity contribution in [3.05, 3.63) is 40.6 Å². The lowest BCUT2D eigenvalue weighted by molar-refractivity contribution is 0.627. The minimum atomic E-state index is -0.293. The molecule has 0 radical (unpaired) electrons. The minimum absolute atomic E-state index is 0.293. The van der Waals surface area contributed by atoms with Crippen LogP contribution in [0.15, 0.2) is 23.6 Å². The Morgan fingerprint density at radius 3 is 2.85 bits per heavy atom. The summed E-state index contributed by atoms with van der Waals surface area (Å²) in [6, 6.07) is 4.49. The molecule has 4 N–H and O–H groups in total. The minimum Gasteiger partial charge on any atom is -0.398 e. The molecule has 70 valence electrons. The van der Waals surface area contributed by atoms with Gasteiger partial charge in [0.25, 0.3) is 0 Å². The van der Waals surface area contributed by atoms with Crippen molar-refractivity contribution in [3.8, 4) is 0 Å². The maximum atomic E-state index is 12.8. The topological polar surface area (TPSA) is 52.0 Å². The first-order valence-electron chi connectivity index (χ1n) is 3.73. The van der Waals surface area contributed by atoms with Crippen LogP contribution in [0, 0.1) is 12.7 Å². The van der Waals surface area contributed by atoms with Crippen molar-refractivity contribution < 1.29 is 4.39 Å². The van der Waals surface area contributed by atoms with Crippen LogP contribution in [0.3, 0.4) is 0 Å². The van der Waals surface area contributed by atoms with Crippen LogP contribution in [0.1, 0.15) is 11.1 Å². The van der Waals surface area contributed by atoms with E-state index in [-0.39, 0.29) is 5.82 Å². The van der Waals surface area contributed by atoms with Gasteiger partial charge in [-0.3, -0.25) is 5.14 Å². The van der Waals surface area contributed by atoms with Gasteiger partial charge < -0.3 is 5.73 Å². The van der Waals surface area contributed by atoms with Crippen molar-refractivity contribution in [3.63, 3.8) is 0 Å². The molecule has 0 fully saturated rings. The summed E-state index contributed by atoms with van der Waals surface area (Å²) in [5.41, 5.74) is 7.79. The number of rotatable bonds is 2. The normalized spacial score (nSPS) is 11.8. The summed E-state index contributed by atoms with van der Waals surface area (Å²) in [7, 11) is 0. The quantitative estimate of drug-likeness (QED) is 0.715. The van der Waals surface area contributed by atoms with Crippen LogP contribution in [0.5, 0.6) is 0 Å². The Morgan fingerprint density at radius 2 is 2.23 bits per heavy atom. The monoisotopic (exact) mass is 198 g/mol. The molecule has 1 rings (SSSR count). The summed E-state index contributed by atoms with van der Waals surface area (Å²) < 4.78 is 12.8. The Hall–Kier alpha value is -1.00. The van der Waals surface area contributed by atoms with Crippen LogP contribution in [-0.4, -0.2) is 0 Å². The number of hydrogen-bond acceptors (Lipinski definition) is 3. The predicted molar refractivity (Wildman–Crippen MR) is 55.1 cm³/mol. The zero-order valence-corrected chi connectivity index (χ0v) is 8.07. The molecule has 1 aromatic carbocycles. The van der Waals surface area contributed by atoms with Crippen molar-refractivity contribution in [1.29, 1.82) is 0 Å². The lowest BCUT2D eigenvalue weighted by atomic mass is 10.1. The van der Waals surface area contributed by atoms with Crippen molar-refractivity contribution >= 4 is 17.6 Å². The second-order valence-corrected chi connectivity index (χ2v) is 3.18. The van der Waals surface area contributed by atoms with E-state index in [1.807, 2.05) is 6.92 Å². The summed E-state index contributed by atoms with van der Waals surface area (Å²) in [6.45, 7) is 1.87.